The summed E-state index contributed by atoms with van der Waals surface area (Å²) in [5.74, 6) is 0.662. The van der Waals surface area contributed by atoms with E-state index in [4.69, 9.17) is 44.3 Å². The molecule has 0 radical (unpaired) electrons. The molecule has 1 aromatic heterocycles. The first-order chi connectivity index (χ1) is 17.4. The second-order valence-corrected chi connectivity index (χ2v) is 9.20. The van der Waals surface area contributed by atoms with Crippen LogP contribution in [0.15, 0.2) is 78.6 Å². The van der Waals surface area contributed by atoms with E-state index in [1.807, 2.05) is 42.5 Å². The van der Waals surface area contributed by atoms with Gasteiger partial charge in [-0.1, -0.05) is 65.1 Å². The lowest BCUT2D eigenvalue weighted by Crippen LogP contribution is -2.29. The van der Waals surface area contributed by atoms with Crippen LogP contribution >= 0.6 is 34.8 Å². The average molecular weight is 542 g/mol. The summed E-state index contributed by atoms with van der Waals surface area (Å²) in [6.45, 7) is 0.324. The summed E-state index contributed by atoms with van der Waals surface area (Å²) >= 11 is 18.2. The molecule has 182 valence electrons. The van der Waals surface area contributed by atoms with Crippen LogP contribution in [0.25, 0.3) is 5.70 Å². The van der Waals surface area contributed by atoms with Crippen molar-refractivity contribution >= 4 is 52.4 Å². The maximum Gasteiger partial charge on any atom is 0.338 e. The summed E-state index contributed by atoms with van der Waals surface area (Å²) in [5, 5.41) is 9.13. The first-order valence-electron chi connectivity index (χ1n) is 10.9. The fourth-order valence-corrected chi connectivity index (χ4v) is 4.43. The minimum Gasteiger partial charge on any atom is -0.489 e. The number of esters is 1. The maximum absolute atomic E-state index is 13.1. The Balaban J connectivity index is 1.49. The molecular formula is C26H19Cl3N4O3. The minimum atomic E-state index is -0.578. The summed E-state index contributed by atoms with van der Waals surface area (Å²) in [7, 11) is 1.35. The third kappa shape index (κ3) is 4.78. The van der Waals surface area contributed by atoms with Crippen LogP contribution in [-0.2, 0) is 16.1 Å². The Morgan fingerprint density at radius 2 is 1.75 bits per heavy atom. The largest absolute Gasteiger partial charge is 0.489 e. The highest BCUT2D eigenvalue weighted by Crippen LogP contribution is 2.39. The fourth-order valence-electron chi connectivity index (χ4n) is 3.98. The van der Waals surface area contributed by atoms with Crippen molar-refractivity contribution in [3.63, 3.8) is 0 Å². The van der Waals surface area contributed by atoms with Crippen LogP contribution in [0.3, 0.4) is 0 Å². The number of hydrogen-bond acceptors (Lipinski definition) is 6. The van der Waals surface area contributed by atoms with E-state index in [2.05, 4.69) is 15.4 Å². The van der Waals surface area contributed by atoms with Gasteiger partial charge in [0.05, 0.1) is 28.4 Å². The molecule has 0 aliphatic carbocycles. The van der Waals surface area contributed by atoms with Gasteiger partial charge in [0.1, 0.15) is 24.7 Å². The normalized spacial score (nSPS) is 14.7. The molecule has 1 atom stereocenters. The molecule has 0 bridgehead atoms. The van der Waals surface area contributed by atoms with Gasteiger partial charge in [0.15, 0.2) is 0 Å². The number of ether oxygens (including phenoxy) is 2. The Kier molecular flexibility index (Phi) is 6.87. The summed E-state index contributed by atoms with van der Waals surface area (Å²) < 4.78 is 12.7. The lowest BCUT2D eigenvalue weighted by molar-refractivity contribution is -0.136. The zero-order valence-electron chi connectivity index (χ0n) is 18.9. The smallest absolute Gasteiger partial charge is 0.338 e. The van der Waals surface area contributed by atoms with Crippen molar-refractivity contribution in [2.45, 2.75) is 12.6 Å². The van der Waals surface area contributed by atoms with Gasteiger partial charge >= 0.3 is 5.97 Å². The standard InChI is InChI=1S/C26H19Cl3N4O3/c1-35-25(34)22-23(16-3-7-18(27)8-4-16)32-26-30-14-31-33(26)24(22)17-5-9-19(10-6-17)36-13-15-2-11-20(28)21(29)12-15/h2-12,14,24H,13H2,1H3,(H,30,31,32)/t24-/m0/s1. The summed E-state index contributed by atoms with van der Waals surface area (Å²) in [6.07, 6.45) is 1.43. The van der Waals surface area contributed by atoms with Crippen molar-refractivity contribution in [1.29, 1.82) is 0 Å². The van der Waals surface area contributed by atoms with E-state index in [0.717, 1.165) is 16.7 Å². The number of nitrogens with zero attached hydrogens (tertiary/aromatic N) is 3. The van der Waals surface area contributed by atoms with Gasteiger partial charge in [-0.15, -0.1) is 0 Å². The van der Waals surface area contributed by atoms with E-state index < -0.39 is 12.0 Å². The van der Waals surface area contributed by atoms with Crippen LogP contribution in [0.1, 0.15) is 22.7 Å². The van der Waals surface area contributed by atoms with E-state index in [1.165, 1.54) is 13.4 Å². The Bertz CT molecular complexity index is 1450. The number of aromatic nitrogens is 3. The van der Waals surface area contributed by atoms with Gasteiger partial charge in [0, 0.05) is 5.02 Å². The number of halogens is 3. The molecule has 1 N–H and O–H groups in total. The molecule has 1 aliphatic heterocycles. The number of carbonyl (C=O) groups excluding carboxylic acids is 1. The van der Waals surface area contributed by atoms with Crippen molar-refractivity contribution < 1.29 is 14.3 Å². The monoisotopic (exact) mass is 540 g/mol. The van der Waals surface area contributed by atoms with Crippen LogP contribution in [0, 0.1) is 0 Å². The second-order valence-electron chi connectivity index (χ2n) is 7.95. The number of hydrogen-bond donors (Lipinski definition) is 1. The predicted molar refractivity (Wildman–Crippen MR) is 139 cm³/mol. The van der Waals surface area contributed by atoms with Crippen LogP contribution < -0.4 is 10.1 Å². The quantitative estimate of drug-likeness (QED) is 0.284. The first kappa shape index (κ1) is 24.2. The van der Waals surface area contributed by atoms with Gasteiger partial charge in [0.25, 0.3) is 0 Å². The Morgan fingerprint density at radius 1 is 1.00 bits per heavy atom. The highest BCUT2D eigenvalue weighted by molar-refractivity contribution is 6.42. The molecule has 0 amide bonds. The third-order valence-corrected chi connectivity index (χ3v) is 6.71. The third-order valence-electron chi connectivity index (χ3n) is 5.72. The SMILES string of the molecule is COC(=O)C1=C(c2ccc(Cl)cc2)Nc2ncnn2[C@H]1c1ccc(OCc2ccc(Cl)c(Cl)c2)cc1. The number of rotatable bonds is 6. The number of benzene rings is 3. The molecule has 1 aliphatic rings. The second kappa shape index (κ2) is 10.2. The van der Waals surface area contributed by atoms with Crippen molar-refractivity contribution in [3.05, 3.63) is 110 Å². The lowest BCUT2D eigenvalue weighted by atomic mass is 9.93. The molecule has 0 saturated carbocycles. The molecule has 2 heterocycles. The molecule has 5 rings (SSSR count). The van der Waals surface area contributed by atoms with Crippen molar-refractivity contribution in [2.24, 2.45) is 0 Å². The first-order valence-corrected chi connectivity index (χ1v) is 12.0. The lowest BCUT2D eigenvalue weighted by Gasteiger charge is -2.29. The van der Waals surface area contributed by atoms with Gasteiger partial charge in [-0.05, 0) is 53.1 Å². The van der Waals surface area contributed by atoms with Gasteiger partial charge < -0.3 is 14.8 Å². The van der Waals surface area contributed by atoms with E-state index in [0.29, 0.717) is 44.6 Å². The summed E-state index contributed by atoms with van der Waals surface area (Å²) in [4.78, 5) is 17.4. The van der Waals surface area contributed by atoms with Crippen LogP contribution in [0.4, 0.5) is 5.95 Å². The van der Waals surface area contributed by atoms with Crippen LogP contribution in [-0.4, -0.2) is 27.8 Å². The number of carbonyl (C=O) groups is 1. The fraction of sp³-hybridized carbons (Fsp3) is 0.115. The maximum atomic E-state index is 13.1. The molecule has 7 nitrogen and oxygen atoms in total. The Hall–Kier alpha value is -3.52. The van der Waals surface area contributed by atoms with Crippen molar-refractivity contribution in [3.8, 4) is 5.75 Å². The highest BCUT2D eigenvalue weighted by Gasteiger charge is 2.36. The zero-order valence-corrected chi connectivity index (χ0v) is 21.2. The van der Waals surface area contributed by atoms with Crippen LogP contribution in [0.2, 0.25) is 15.1 Å². The van der Waals surface area contributed by atoms with Crippen LogP contribution in [0.5, 0.6) is 5.75 Å². The van der Waals surface area contributed by atoms with Crippen molar-refractivity contribution in [1.82, 2.24) is 14.8 Å². The topological polar surface area (TPSA) is 78.3 Å². The summed E-state index contributed by atoms with van der Waals surface area (Å²) in [6, 6.07) is 19.4. The summed E-state index contributed by atoms with van der Waals surface area (Å²) in [5.41, 5.74) is 3.42. The van der Waals surface area contributed by atoms with E-state index in [-0.39, 0.29) is 0 Å². The molecule has 10 heteroatoms. The van der Waals surface area contributed by atoms with E-state index in [9.17, 15) is 4.79 Å². The van der Waals surface area contributed by atoms with Gasteiger partial charge in [0.2, 0.25) is 5.95 Å². The van der Waals surface area contributed by atoms with Gasteiger partial charge in [-0.2, -0.15) is 10.1 Å². The molecular weight excluding hydrogens is 523 g/mol. The highest BCUT2D eigenvalue weighted by atomic mass is 35.5. The minimum absolute atomic E-state index is 0.324. The number of nitrogens with one attached hydrogen (secondary N) is 1. The van der Waals surface area contributed by atoms with Gasteiger partial charge in [-0.3, -0.25) is 0 Å². The molecule has 36 heavy (non-hydrogen) atoms. The molecule has 4 aromatic rings. The molecule has 3 aromatic carbocycles. The van der Waals surface area contributed by atoms with Crippen molar-refractivity contribution in [2.75, 3.05) is 12.4 Å². The Morgan fingerprint density at radius 3 is 2.44 bits per heavy atom. The average Bonchev–Trinajstić information content (AvgIpc) is 3.37. The predicted octanol–water partition coefficient (Wildman–Crippen LogP) is 6.42. The number of methoxy groups -OCH3 is 1. The zero-order chi connectivity index (χ0) is 25.2. The molecule has 0 fully saturated rings. The van der Waals surface area contributed by atoms with E-state index in [1.54, 1.807) is 28.9 Å². The Labute approximate surface area is 222 Å². The molecule has 0 spiro atoms. The number of anilines is 1. The number of fused-ring (bicyclic) bond motifs is 1. The van der Waals surface area contributed by atoms with Gasteiger partial charge in [-0.25, -0.2) is 9.48 Å². The molecule has 0 saturated heterocycles. The molecule has 0 unspecified atom stereocenters. The van der Waals surface area contributed by atoms with E-state index >= 15 is 0 Å².